The molecule has 2 heterocycles. The van der Waals surface area contributed by atoms with Crippen LogP contribution in [-0.2, 0) is 11.3 Å². The Hall–Kier alpha value is -1.14. The third-order valence-corrected chi connectivity index (χ3v) is 4.34. The van der Waals surface area contributed by atoms with E-state index in [1.54, 1.807) is 0 Å². The van der Waals surface area contributed by atoms with Crippen LogP contribution in [-0.4, -0.2) is 47.3 Å². The molecule has 0 aliphatic carbocycles. The molecule has 0 amide bonds. The maximum absolute atomic E-state index is 6.14. The van der Waals surface area contributed by atoms with Gasteiger partial charge in [0.15, 0.2) is 0 Å². The molecule has 2 aromatic rings. The highest BCUT2D eigenvalue weighted by Crippen LogP contribution is 2.23. The highest BCUT2D eigenvalue weighted by atomic mass is 35.5. The maximum Gasteiger partial charge on any atom is 0.126 e. The maximum atomic E-state index is 6.14. The van der Waals surface area contributed by atoms with Gasteiger partial charge in [-0.2, -0.15) is 0 Å². The Kier molecular flexibility index (Phi) is 4.98. The standard InChI is InChI=1S/C16H23ClN4O/c1-12(18)16-19-14-4-3-13(17)11-15(14)21(16)6-2-5-20-7-9-22-10-8-20/h3-4,11-12H,2,5-10,18H2,1H3. The fourth-order valence-electron chi connectivity index (χ4n) is 2.97. The van der Waals surface area contributed by atoms with E-state index >= 15 is 0 Å². The first-order chi connectivity index (χ1) is 10.6. The summed E-state index contributed by atoms with van der Waals surface area (Å²) in [4.78, 5) is 7.11. The predicted octanol–water partition coefficient (Wildman–Crippen LogP) is 2.43. The summed E-state index contributed by atoms with van der Waals surface area (Å²) in [5, 5.41) is 0.734. The molecule has 6 heteroatoms. The summed E-state index contributed by atoms with van der Waals surface area (Å²) < 4.78 is 7.60. The minimum atomic E-state index is -0.0884. The number of aryl methyl sites for hydroxylation is 1. The molecule has 1 aromatic heterocycles. The Labute approximate surface area is 136 Å². The van der Waals surface area contributed by atoms with Gasteiger partial charge in [-0.1, -0.05) is 11.6 Å². The van der Waals surface area contributed by atoms with Crippen LogP contribution in [0.4, 0.5) is 0 Å². The Morgan fingerprint density at radius 3 is 2.82 bits per heavy atom. The van der Waals surface area contributed by atoms with E-state index in [4.69, 9.17) is 22.1 Å². The zero-order chi connectivity index (χ0) is 15.5. The summed E-state index contributed by atoms with van der Waals surface area (Å²) in [7, 11) is 0. The van der Waals surface area contributed by atoms with Crippen LogP contribution in [0, 0.1) is 0 Å². The molecule has 1 aromatic carbocycles. The van der Waals surface area contributed by atoms with Gasteiger partial charge in [-0.25, -0.2) is 4.98 Å². The molecule has 1 saturated heterocycles. The summed E-state index contributed by atoms with van der Waals surface area (Å²) in [5.74, 6) is 0.930. The molecule has 0 spiro atoms. The molecule has 1 atom stereocenters. The normalized spacial score (nSPS) is 18.0. The summed E-state index contributed by atoms with van der Waals surface area (Å²) in [6.45, 7) is 7.69. The van der Waals surface area contributed by atoms with E-state index in [9.17, 15) is 0 Å². The van der Waals surface area contributed by atoms with Gasteiger partial charge in [-0.05, 0) is 31.5 Å². The predicted molar refractivity (Wildman–Crippen MR) is 89.2 cm³/mol. The Bertz CT molecular complexity index is 634. The van der Waals surface area contributed by atoms with E-state index in [1.807, 2.05) is 25.1 Å². The van der Waals surface area contributed by atoms with Crippen LogP contribution in [0.25, 0.3) is 11.0 Å². The first-order valence-electron chi connectivity index (χ1n) is 7.86. The van der Waals surface area contributed by atoms with Gasteiger partial charge in [0.05, 0.1) is 30.3 Å². The highest BCUT2D eigenvalue weighted by Gasteiger charge is 2.15. The van der Waals surface area contributed by atoms with Crippen molar-refractivity contribution in [1.29, 1.82) is 0 Å². The molecular weight excluding hydrogens is 300 g/mol. The van der Waals surface area contributed by atoms with E-state index in [1.165, 1.54) is 0 Å². The number of nitrogens with zero attached hydrogens (tertiary/aromatic N) is 3. The SMILES string of the molecule is CC(N)c1nc2ccc(Cl)cc2n1CCCN1CCOCC1. The number of imidazole rings is 1. The topological polar surface area (TPSA) is 56.3 Å². The number of halogens is 1. The lowest BCUT2D eigenvalue weighted by Crippen LogP contribution is -2.37. The van der Waals surface area contributed by atoms with Gasteiger partial charge in [0.1, 0.15) is 5.82 Å². The van der Waals surface area contributed by atoms with E-state index in [2.05, 4.69) is 14.5 Å². The summed E-state index contributed by atoms with van der Waals surface area (Å²) in [6.07, 6.45) is 1.07. The molecule has 0 bridgehead atoms. The summed E-state index contributed by atoms with van der Waals surface area (Å²) >= 11 is 6.14. The number of morpholine rings is 1. The third-order valence-electron chi connectivity index (χ3n) is 4.11. The zero-order valence-electron chi connectivity index (χ0n) is 13.0. The van der Waals surface area contributed by atoms with Crippen molar-refractivity contribution in [3.8, 4) is 0 Å². The van der Waals surface area contributed by atoms with E-state index in [-0.39, 0.29) is 6.04 Å². The van der Waals surface area contributed by atoms with Crippen LogP contribution in [0.3, 0.4) is 0 Å². The van der Waals surface area contributed by atoms with Crippen molar-refractivity contribution in [2.24, 2.45) is 5.73 Å². The lowest BCUT2D eigenvalue weighted by molar-refractivity contribution is 0.0369. The van der Waals surface area contributed by atoms with Gasteiger partial charge in [-0.3, -0.25) is 4.90 Å². The number of nitrogens with two attached hydrogens (primary N) is 1. The van der Waals surface area contributed by atoms with Crippen molar-refractivity contribution in [3.63, 3.8) is 0 Å². The smallest absolute Gasteiger partial charge is 0.126 e. The second kappa shape index (κ2) is 6.96. The largest absolute Gasteiger partial charge is 0.379 e. The molecule has 1 fully saturated rings. The molecule has 22 heavy (non-hydrogen) atoms. The molecule has 3 rings (SSSR count). The van der Waals surface area contributed by atoms with Crippen LogP contribution >= 0.6 is 11.6 Å². The van der Waals surface area contributed by atoms with Gasteiger partial charge < -0.3 is 15.0 Å². The van der Waals surface area contributed by atoms with Crippen LogP contribution < -0.4 is 5.73 Å². The van der Waals surface area contributed by atoms with Crippen molar-refractivity contribution in [2.75, 3.05) is 32.8 Å². The lowest BCUT2D eigenvalue weighted by Gasteiger charge is -2.26. The number of fused-ring (bicyclic) bond motifs is 1. The number of aromatic nitrogens is 2. The monoisotopic (exact) mass is 322 g/mol. The molecule has 1 aliphatic rings. The molecule has 120 valence electrons. The Morgan fingerprint density at radius 1 is 1.32 bits per heavy atom. The number of ether oxygens (including phenoxy) is 1. The summed E-state index contributed by atoms with van der Waals surface area (Å²) in [6, 6.07) is 5.72. The van der Waals surface area contributed by atoms with Gasteiger partial charge in [0, 0.05) is 31.2 Å². The van der Waals surface area contributed by atoms with Crippen molar-refractivity contribution in [3.05, 3.63) is 29.0 Å². The Morgan fingerprint density at radius 2 is 2.09 bits per heavy atom. The molecule has 1 aliphatic heterocycles. The fourth-order valence-corrected chi connectivity index (χ4v) is 3.14. The lowest BCUT2D eigenvalue weighted by atomic mass is 10.3. The van der Waals surface area contributed by atoms with Gasteiger partial charge in [-0.15, -0.1) is 0 Å². The van der Waals surface area contributed by atoms with Crippen molar-refractivity contribution in [1.82, 2.24) is 14.5 Å². The van der Waals surface area contributed by atoms with Gasteiger partial charge >= 0.3 is 0 Å². The van der Waals surface area contributed by atoms with Crippen LogP contribution in [0.5, 0.6) is 0 Å². The van der Waals surface area contributed by atoms with E-state index in [0.717, 1.165) is 67.7 Å². The number of hydrogen-bond donors (Lipinski definition) is 1. The first kappa shape index (κ1) is 15.7. The van der Waals surface area contributed by atoms with Crippen LogP contribution in [0.2, 0.25) is 5.02 Å². The van der Waals surface area contributed by atoms with Gasteiger partial charge in [0.25, 0.3) is 0 Å². The number of rotatable bonds is 5. The zero-order valence-corrected chi connectivity index (χ0v) is 13.7. The molecule has 5 nitrogen and oxygen atoms in total. The third kappa shape index (κ3) is 3.43. The Balaban J connectivity index is 1.75. The first-order valence-corrected chi connectivity index (χ1v) is 8.24. The van der Waals surface area contributed by atoms with Gasteiger partial charge in [0.2, 0.25) is 0 Å². The highest BCUT2D eigenvalue weighted by molar-refractivity contribution is 6.31. The van der Waals surface area contributed by atoms with Crippen LogP contribution in [0.1, 0.15) is 25.2 Å². The fraction of sp³-hybridized carbons (Fsp3) is 0.562. The quantitative estimate of drug-likeness (QED) is 0.918. The average molecular weight is 323 g/mol. The molecule has 0 radical (unpaired) electrons. The van der Waals surface area contributed by atoms with Crippen molar-refractivity contribution >= 4 is 22.6 Å². The number of benzene rings is 1. The molecule has 0 saturated carbocycles. The van der Waals surface area contributed by atoms with Crippen LogP contribution in [0.15, 0.2) is 18.2 Å². The average Bonchev–Trinajstić information content (AvgIpc) is 2.87. The second-order valence-electron chi connectivity index (χ2n) is 5.85. The number of hydrogen-bond acceptors (Lipinski definition) is 4. The molecule has 1 unspecified atom stereocenters. The summed E-state index contributed by atoms with van der Waals surface area (Å²) in [5.41, 5.74) is 8.12. The molecular formula is C16H23ClN4O. The van der Waals surface area contributed by atoms with E-state index < -0.39 is 0 Å². The minimum Gasteiger partial charge on any atom is -0.379 e. The second-order valence-corrected chi connectivity index (χ2v) is 6.29. The van der Waals surface area contributed by atoms with Crippen molar-refractivity contribution in [2.45, 2.75) is 25.9 Å². The molecule has 2 N–H and O–H groups in total. The minimum absolute atomic E-state index is 0.0884. The van der Waals surface area contributed by atoms with E-state index in [0.29, 0.717) is 0 Å². The van der Waals surface area contributed by atoms with Crippen molar-refractivity contribution < 1.29 is 4.74 Å².